The fourth-order valence-corrected chi connectivity index (χ4v) is 3.66. The van der Waals surface area contributed by atoms with Gasteiger partial charge < -0.3 is 14.2 Å². The molecule has 3 aromatic heterocycles. The van der Waals surface area contributed by atoms with E-state index in [0.29, 0.717) is 42.9 Å². The number of thiophene rings is 1. The van der Waals surface area contributed by atoms with Gasteiger partial charge in [-0.25, -0.2) is 4.98 Å². The third kappa shape index (κ3) is 3.20. The Morgan fingerprint density at radius 2 is 2.38 bits per heavy atom. The van der Waals surface area contributed by atoms with Gasteiger partial charge in [-0.2, -0.15) is 16.3 Å². The number of ether oxygens (including phenoxy) is 1. The maximum Gasteiger partial charge on any atom is 0.259 e. The van der Waals surface area contributed by atoms with Crippen molar-refractivity contribution in [3.05, 3.63) is 46.5 Å². The predicted molar refractivity (Wildman–Crippen MR) is 96.3 cm³/mol. The molecule has 1 saturated heterocycles. The van der Waals surface area contributed by atoms with Crippen molar-refractivity contribution < 1.29 is 14.1 Å². The van der Waals surface area contributed by atoms with Crippen molar-refractivity contribution in [1.82, 2.24) is 20.0 Å². The fraction of sp³-hybridized carbons (Fsp3) is 0.333. The summed E-state index contributed by atoms with van der Waals surface area (Å²) in [5.74, 6) is 1.55. The third-order valence-electron chi connectivity index (χ3n) is 4.33. The molecule has 7 nitrogen and oxygen atoms in total. The minimum Gasteiger partial charge on any atom is -0.477 e. The van der Waals surface area contributed by atoms with Crippen molar-refractivity contribution in [2.45, 2.75) is 19.3 Å². The van der Waals surface area contributed by atoms with Crippen LogP contribution in [0.15, 0.2) is 39.7 Å². The molecule has 1 atom stereocenters. The summed E-state index contributed by atoms with van der Waals surface area (Å²) in [6.45, 7) is 3.54. The van der Waals surface area contributed by atoms with Crippen molar-refractivity contribution in [3.8, 4) is 17.3 Å². The molecule has 0 spiro atoms. The standard InChI is InChI=1S/C18H18N4O3S/c1-2-24-17-14(4-3-7-19-17)18(23)22-8-5-12(10-22)15-20-16(25-21-15)13-6-9-26-11-13/h3-4,6-7,9,11-12H,2,5,8,10H2,1H3. The van der Waals surface area contributed by atoms with Crippen LogP contribution in [0.25, 0.3) is 11.5 Å². The number of rotatable bonds is 5. The van der Waals surface area contributed by atoms with Gasteiger partial charge in [0.15, 0.2) is 5.82 Å². The van der Waals surface area contributed by atoms with Crippen LogP contribution in [0.2, 0.25) is 0 Å². The lowest BCUT2D eigenvalue weighted by Gasteiger charge is -2.17. The molecule has 1 fully saturated rings. The van der Waals surface area contributed by atoms with E-state index in [0.717, 1.165) is 12.0 Å². The maximum absolute atomic E-state index is 12.9. The second-order valence-electron chi connectivity index (χ2n) is 6.00. The first-order chi connectivity index (χ1) is 12.8. The molecule has 26 heavy (non-hydrogen) atoms. The van der Waals surface area contributed by atoms with E-state index in [1.54, 1.807) is 34.6 Å². The van der Waals surface area contributed by atoms with Crippen molar-refractivity contribution in [1.29, 1.82) is 0 Å². The number of pyridine rings is 1. The van der Waals surface area contributed by atoms with Crippen molar-refractivity contribution in [2.24, 2.45) is 0 Å². The van der Waals surface area contributed by atoms with Gasteiger partial charge in [-0.05, 0) is 36.9 Å². The monoisotopic (exact) mass is 370 g/mol. The number of amides is 1. The number of aromatic nitrogens is 3. The molecular weight excluding hydrogens is 352 g/mol. The summed E-state index contributed by atoms with van der Waals surface area (Å²) in [5, 5.41) is 8.05. The van der Waals surface area contributed by atoms with Gasteiger partial charge in [-0.1, -0.05) is 5.16 Å². The number of nitrogens with zero attached hydrogens (tertiary/aromatic N) is 4. The molecule has 1 amide bonds. The Kier molecular flexibility index (Phi) is 4.66. The Morgan fingerprint density at radius 3 is 3.19 bits per heavy atom. The van der Waals surface area contributed by atoms with Crippen LogP contribution >= 0.6 is 11.3 Å². The highest BCUT2D eigenvalue weighted by Gasteiger charge is 2.32. The summed E-state index contributed by atoms with van der Waals surface area (Å²) in [5.41, 5.74) is 1.42. The lowest BCUT2D eigenvalue weighted by molar-refractivity contribution is 0.0785. The van der Waals surface area contributed by atoms with Gasteiger partial charge in [-0.3, -0.25) is 4.79 Å². The molecule has 4 heterocycles. The van der Waals surface area contributed by atoms with Gasteiger partial charge in [0.05, 0.1) is 12.2 Å². The van der Waals surface area contributed by atoms with Crippen LogP contribution in [-0.2, 0) is 0 Å². The van der Waals surface area contributed by atoms with Crippen LogP contribution in [0, 0.1) is 0 Å². The summed E-state index contributed by atoms with van der Waals surface area (Å²) < 4.78 is 10.8. The minimum atomic E-state index is -0.0781. The van der Waals surface area contributed by atoms with Crippen molar-refractivity contribution in [2.75, 3.05) is 19.7 Å². The van der Waals surface area contributed by atoms with E-state index in [-0.39, 0.29) is 11.8 Å². The molecule has 0 aliphatic carbocycles. The zero-order valence-electron chi connectivity index (χ0n) is 14.3. The van der Waals surface area contributed by atoms with E-state index in [1.165, 1.54) is 0 Å². The lowest BCUT2D eigenvalue weighted by Crippen LogP contribution is -2.29. The molecule has 3 aromatic rings. The van der Waals surface area contributed by atoms with Gasteiger partial charge in [-0.15, -0.1) is 0 Å². The van der Waals surface area contributed by atoms with Crippen molar-refractivity contribution >= 4 is 17.2 Å². The molecule has 0 saturated carbocycles. The SMILES string of the molecule is CCOc1ncccc1C(=O)N1CCC(c2noc(-c3ccsc3)n2)C1. The lowest BCUT2D eigenvalue weighted by atomic mass is 10.1. The van der Waals surface area contributed by atoms with Crippen molar-refractivity contribution in [3.63, 3.8) is 0 Å². The first-order valence-electron chi connectivity index (χ1n) is 8.49. The molecular formula is C18H18N4O3S. The summed E-state index contributed by atoms with van der Waals surface area (Å²) in [6, 6.07) is 5.44. The molecule has 134 valence electrons. The molecule has 8 heteroatoms. The highest BCUT2D eigenvalue weighted by molar-refractivity contribution is 7.08. The maximum atomic E-state index is 12.9. The van der Waals surface area contributed by atoms with Crippen LogP contribution in [0.1, 0.15) is 35.4 Å². The molecule has 0 bridgehead atoms. The van der Waals surface area contributed by atoms with Gasteiger partial charge in [0.1, 0.15) is 5.56 Å². The Balaban J connectivity index is 1.48. The zero-order chi connectivity index (χ0) is 17.9. The molecule has 4 rings (SSSR count). The topological polar surface area (TPSA) is 81.4 Å². The number of carbonyl (C=O) groups excluding carboxylic acids is 1. The second-order valence-corrected chi connectivity index (χ2v) is 6.78. The molecule has 1 unspecified atom stereocenters. The number of hydrogen-bond donors (Lipinski definition) is 0. The van der Waals surface area contributed by atoms with Gasteiger partial charge in [0, 0.05) is 30.6 Å². The molecule has 0 radical (unpaired) electrons. The Labute approximate surface area is 154 Å². The second kappa shape index (κ2) is 7.25. The van der Waals surface area contributed by atoms with E-state index in [2.05, 4.69) is 15.1 Å². The normalized spacial score (nSPS) is 16.8. The first kappa shape index (κ1) is 16.7. The zero-order valence-corrected chi connectivity index (χ0v) is 15.1. The van der Waals surface area contributed by atoms with E-state index in [1.807, 2.05) is 23.8 Å². The fourth-order valence-electron chi connectivity index (χ4n) is 3.04. The van der Waals surface area contributed by atoms with Crippen LogP contribution < -0.4 is 4.74 Å². The number of carbonyl (C=O) groups is 1. The average Bonchev–Trinajstić information content (AvgIpc) is 3.42. The Bertz CT molecular complexity index is 893. The Morgan fingerprint density at radius 1 is 1.46 bits per heavy atom. The largest absolute Gasteiger partial charge is 0.477 e. The summed E-state index contributed by atoms with van der Waals surface area (Å²) in [4.78, 5) is 23.3. The predicted octanol–water partition coefficient (Wildman–Crippen LogP) is 3.22. The van der Waals surface area contributed by atoms with E-state index in [9.17, 15) is 4.79 Å². The Hall–Kier alpha value is -2.74. The summed E-state index contributed by atoms with van der Waals surface area (Å²) >= 11 is 1.58. The van der Waals surface area contributed by atoms with E-state index < -0.39 is 0 Å². The molecule has 0 aromatic carbocycles. The highest BCUT2D eigenvalue weighted by Crippen LogP contribution is 2.29. The molecule has 1 aliphatic rings. The first-order valence-corrected chi connectivity index (χ1v) is 9.43. The van der Waals surface area contributed by atoms with Crippen LogP contribution in [-0.4, -0.2) is 45.6 Å². The summed E-state index contributed by atoms with van der Waals surface area (Å²) in [7, 11) is 0. The van der Waals surface area contributed by atoms with Crippen LogP contribution in [0.5, 0.6) is 5.88 Å². The van der Waals surface area contributed by atoms with E-state index >= 15 is 0 Å². The molecule has 1 aliphatic heterocycles. The average molecular weight is 370 g/mol. The summed E-state index contributed by atoms with van der Waals surface area (Å²) in [6.07, 6.45) is 2.43. The number of likely N-dealkylation sites (tertiary alicyclic amines) is 1. The van der Waals surface area contributed by atoms with Gasteiger partial charge in [0.25, 0.3) is 11.8 Å². The highest BCUT2D eigenvalue weighted by atomic mass is 32.1. The third-order valence-corrected chi connectivity index (χ3v) is 5.02. The number of hydrogen-bond acceptors (Lipinski definition) is 7. The smallest absolute Gasteiger partial charge is 0.259 e. The minimum absolute atomic E-state index is 0.0716. The van der Waals surface area contributed by atoms with Gasteiger partial charge >= 0.3 is 0 Å². The van der Waals surface area contributed by atoms with Crippen LogP contribution in [0.3, 0.4) is 0 Å². The quantitative estimate of drug-likeness (QED) is 0.686. The van der Waals surface area contributed by atoms with Gasteiger partial charge in [0.2, 0.25) is 5.88 Å². The van der Waals surface area contributed by atoms with Crippen LogP contribution in [0.4, 0.5) is 0 Å². The van der Waals surface area contributed by atoms with E-state index in [4.69, 9.17) is 9.26 Å². The molecule has 0 N–H and O–H groups in total.